The van der Waals surface area contributed by atoms with Crippen molar-refractivity contribution in [1.29, 1.82) is 0 Å². The Balaban J connectivity index is 1.79. The molecule has 4 heteroatoms. The van der Waals surface area contributed by atoms with E-state index in [-0.39, 0.29) is 5.91 Å². The molecule has 3 N–H and O–H groups in total. The third-order valence-corrected chi connectivity index (χ3v) is 3.99. The van der Waals surface area contributed by atoms with Crippen molar-refractivity contribution >= 4 is 5.91 Å². The number of hydrogen-bond acceptors (Lipinski definition) is 3. The van der Waals surface area contributed by atoms with Crippen LogP contribution in [0.4, 0.5) is 0 Å². The Hall–Kier alpha value is -1.39. The molecule has 1 aromatic carbocycles. The summed E-state index contributed by atoms with van der Waals surface area (Å²) in [6.45, 7) is 5.52. The third kappa shape index (κ3) is 4.05. The van der Waals surface area contributed by atoms with Gasteiger partial charge in [-0.05, 0) is 37.4 Å². The van der Waals surface area contributed by atoms with Crippen molar-refractivity contribution in [2.45, 2.75) is 38.8 Å². The van der Waals surface area contributed by atoms with E-state index in [0.29, 0.717) is 25.6 Å². The van der Waals surface area contributed by atoms with E-state index in [2.05, 4.69) is 41.4 Å². The van der Waals surface area contributed by atoms with Crippen LogP contribution in [-0.2, 0) is 17.8 Å². The quantitative estimate of drug-likeness (QED) is 0.822. The van der Waals surface area contributed by atoms with Crippen molar-refractivity contribution in [3.8, 4) is 0 Å². The van der Waals surface area contributed by atoms with E-state index < -0.39 is 0 Å². The fraction of sp³-hybridized carbons (Fsp3) is 0.562. The summed E-state index contributed by atoms with van der Waals surface area (Å²) in [5.41, 5.74) is 8.28. The molecular formula is C16H25N3O. The predicted molar refractivity (Wildman–Crippen MR) is 81.3 cm³/mol. The minimum Gasteiger partial charge on any atom is -0.355 e. The first kappa shape index (κ1) is 15.0. The molecule has 20 heavy (non-hydrogen) atoms. The largest absolute Gasteiger partial charge is 0.355 e. The number of rotatable bonds is 6. The lowest BCUT2D eigenvalue weighted by Gasteiger charge is -2.33. The second-order valence-corrected chi connectivity index (χ2v) is 5.53. The lowest BCUT2D eigenvalue weighted by molar-refractivity contribution is -0.121. The van der Waals surface area contributed by atoms with E-state index in [0.717, 1.165) is 25.9 Å². The van der Waals surface area contributed by atoms with Crippen LogP contribution < -0.4 is 11.1 Å². The number of hydrogen-bond donors (Lipinski definition) is 2. The van der Waals surface area contributed by atoms with Crippen molar-refractivity contribution in [1.82, 2.24) is 10.2 Å². The average Bonchev–Trinajstić information content (AvgIpc) is 2.50. The third-order valence-electron chi connectivity index (χ3n) is 3.99. The maximum Gasteiger partial charge on any atom is 0.220 e. The van der Waals surface area contributed by atoms with Crippen LogP contribution in [0.15, 0.2) is 24.3 Å². The molecule has 0 radical (unpaired) electrons. The molecule has 1 aliphatic rings. The topological polar surface area (TPSA) is 58.4 Å². The Kier molecular flexibility index (Phi) is 5.56. The Morgan fingerprint density at radius 2 is 2.15 bits per heavy atom. The minimum absolute atomic E-state index is 0.111. The highest BCUT2D eigenvalue weighted by Gasteiger charge is 2.20. The van der Waals surface area contributed by atoms with Gasteiger partial charge >= 0.3 is 0 Å². The number of amides is 1. The maximum absolute atomic E-state index is 11.6. The standard InChI is InChI=1S/C16H25N3O/c1-13(11-18-16(20)7-4-9-17)19-10-8-14-5-2-3-6-15(14)12-19/h2-3,5-6,13H,4,7-12,17H2,1H3,(H,18,20). The molecule has 4 nitrogen and oxygen atoms in total. The second kappa shape index (κ2) is 7.41. The Bertz CT molecular complexity index is 447. The van der Waals surface area contributed by atoms with Crippen LogP contribution in [-0.4, -0.2) is 36.5 Å². The van der Waals surface area contributed by atoms with Gasteiger partial charge in [0.15, 0.2) is 0 Å². The molecule has 1 aliphatic heterocycles. The molecular weight excluding hydrogens is 250 g/mol. The van der Waals surface area contributed by atoms with Gasteiger partial charge in [-0.3, -0.25) is 9.69 Å². The van der Waals surface area contributed by atoms with Crippen LogP contribution in [0.3, 0.4) is 0 Å². The predicted octanol–water partition coefficient (Wildman–Crippen LogP) is 1.29. The molecule has 1 unspecified atom stereocenters. The van der Waals surface area contributed by atoms with Crippen molar-refractivity contribution in [2.75, 3.05) is 19.6 Å². The molecule has 0 bridgehead atoms. The Morgan fingerprint density at radius 1 is 1.40 bits per heavy atom. The fourth-order valence-corrected chi connectivity index (χ4v) is 2.64. The molecule has 0 spiro atoms. The number of benzene rings is 1. The number of carbonyl (C=O) groups is 1. The highest BCUT2D eigenvalue weighted by atomic mass is 16.1. The van der Waals surface area contributed by atoms with Crippen molar-refractivity contribution in [3.05, 3.63) is 35.4 Å². The van der Waals surface area contributed by atoms with Gasteiger partial charge < -0.3 is 11.1 Å². The summed E-state index contributed by atoms with van der Waals surface area (Å²) in [7, 11) is 0. The summed E-state index contributed by atoms with van der Waals surface area (Å²) >= 11 is 0. The molecule has 1 heterocycles. The number of carbonyl (C=O) groups excluding carboxylic acids is 1. The van der Waals surface area contributed by atoms with Gasteiger partial charge in [0.25, 0.3) is 0 Å². The minimum atomic E-state index is 0.111. The summed E-state index contributed by atoms with van der Waals surface area (Å²) in [6.07, 6.45) is 2.39. The van der Waals surface area contributed by atoms with Gasteiger partial charge in [-0.1, -0.05) is 24.3 Å². The zero-order valence-electron chi connectivity index (χ0n) is 12.3. The molecule has 0 aromatic heterocycles. The van der Waals surface area contributed by atoms with Gasteiger partial charge in [-0.2, -0.15) is 0 Å². The first-order valence-corrected chi connectivity index (χ1v) is 7.48. The molecule has 0 saturated heterocycles. The smallest absolute Gasteiger partial charge is 0.220 e. The van der Waals surface area contributed by atoms with Crippen LogP contribution in [0.2, 0.25) is 0 Å². The lowest BCUT2D eigenvalue weighted by atomic mass is 9.99. The first-order chi connectivity index (χ1) is 9.70. The monoisotopic (exact) mass is 275 g/mol. The van der Waals surface area contributed by atoms with E-state index in [1.165, 1.54) is 11.1 Å². The Morgan fingerprint density at radius 3 is 2.90 bits per heavy atom. The first-order valence-electron chi connectivity index (χ1n) is 7.48. The summed E-state index contributed by atoms with van der Waals surface area (Å²) in [4.78, 5) is 14.0. The zero-order valence-corrected chi connectivity index (χ0v) is 12.3. The fourth-order valence-electron chi connectivity index (χ4n) is 2.64. The number of nitrogens with one attached hydrogen (secondary N) is 1. The summed E-state index contributed by atoms with van der Waals surface area (Å²) in [5, 5.41) is 3.00. The van der Waals surface area contributed by atoms with Crippen LogP contribution in [0.25, 0.3) is 0 Å². The summed E-state index contributed by atoms with van der Waals surface area (Å²) in [6, 6.07) is 8.99. The molecule has 1 amide bonds. The van der Waals surface area contributed by atoms with Gasteiger partial charge in [0, 0.05) is 32.1 Å². The van der Waals surface area contributed by atoms with Crippen molar-refractivity contribution in [3.63, 3.8) is 0 Å². The van der Waals surface area contributed by atoms with Gasteiger partial charge in [-0.15, -0.1) is 0 Å². The SMILES string of the molecule is CC(CNC(=O)CCCN)N1CCc2ccccc2C1. The highest BCUT2D eigenvalue weighted by Crippen LogP contribution is 2.19. The molecule has 1 atom stereocenters. The molecule has 110 valence electrons. The summed E-state index contributed by atoms with van der Waals surface area (Å²) < 4.78 is 0. The zero-order chi connectivity index (χ0) is 14.4. The van der Waals surface area contributed by atoms with E-state index >= 15 is 0 Å². The highest BCUT2D eigenvalue weighted by molar-refractivity contribution is 5.75. The second-order valence-electron chi connectivity index (χ2n) is 5.53. The molecule has 0 saturated carbocycles. The van der Waals surface area contributed by atoms with E-state index in [4.69, 9.17) is 5.73 Å². The van der Waals surface area contributed by atoms with Gasteiger partial charge in [-0.25, -0.2) is 0 Å². The van der Waals surface area contributed by atoms with Crippen LogP contribution in [0, 0.1) is 0 Å². The number of nitrogens with zero attached hydrogens (tertiary/aromatic N) is 1. The van der Waals surface area contributed by atoms with E-state index in [9.17, 15) is 4.79 Å². The normalized spacial score (nSPS) is 16.5. The van der Waals surface area contributed by atoms with E-state index in [1.807, 2.05) is 0 Å². The Labute approximate surface area is 121 Å². The molecule has 0 fully saturated rings. The van der Waals surface area contributed by atoms with E-state index in [1.54, 1.807) is 0 Å². The van der Waals surface area contributed by atoms with Crippen LogP contribution in [0.1, 0.15) is 30.9 Å². The molecule has 1 aromatic rings. The average molecular weight is 275 g/mol. The maximum atomic E-state index is 11.6. The summed E-state index contributed by atoms with van der Waals surface area (Å²) in [5.74, 6) is 0.111. The van der Waals surface area contributed by atoms with Gasteiger partial charge in [0.05, 0.1) is 0 Å². The molecule has 0 aliphatic carbocycles. The number of nitrogens with two attached hydrogens (primary N) is 1. The van der Waals surface area contributed by atoms with Crippen molar-refractivity contribution < 1.29 is 4.79 Å². The van der Waals surface area contributed by atoms with Crippen LogP contribution >= 0.6 is 0 Å². The van der Waals surface area contributed by atoms with Gasteiger partial charge in [0.2, 0.25) is 5.91 Å². The number of fused-ring (bicyclic) bond motifs is 1. The lowest BCUT2D eigenvalue weighted by Crippen LogP contribution is -2.44. The van der Waals surface area contributed by atoms with Gasteiger partial charge in [0.1, 0.15) is 0 Å². The van der Waals surface area contributed by atoms with Crippen LogP contribution in [0.5, 0.6) is 0 Å². The molecule has 2 rings (SSSR count). The van der Waals surface area contributed by atoms with Crippen molar-refractivity contribution in [2.24, 2.45) is 5.73 Å².